The molecule has 0 bridgehead atoms. The summed E-state index contributed by atoms with van der Waals surface area (Å²) in [4.78, 5) is 20.8. The summed E-state index contributed by atoms with van der Waals surface area (Å²) in [5.74, 6) is -0.656. The van der Waals surface area contributed by atoms with E-state index in [9.17, 15) is 13.6 Å². The summed E-state index contributed by atoms with van der Waals surface area (Å²) in [6.45, 7) is 4.05. The van der Waals surface area contributed by atoms with Crippen LogP contribution in [0.3, 0.4) is 0 Å². The van der Waals surface area contributed by atoms with E-state index in [0.29, 0.717) is 23.9 Å². The molecule has 0 spiro atoms. The number of benzene rings is 2. The number of halogens is 2. The number of aromatic nitrogens is 2. The summed E-state index contributed by atoms with van der Waals surface area (Å²) in [6.07, 6.45) is 0. The minimum Gasteiger partial charge on any atom is -0.494 e. The quantitative estimate of drug-likeness (QED) is 0.656. The minimum absolute atomic E-state index is 0.0392. The number of carbonyl (C=O) groups excluding carboxylic acids is 1. The highest BCUT2D eigenvalue weighted by atomic mass is 19.1. The van der Waals surface area contributed by atoms with Crippen LogP contribution in [0.4, 0.5) is 26.0 Å². The summed E-state index contributed by atoms with van der Waals surface area (Å²) in [7, 11) is 0. The Morgan fingerprint density at radius 1 is 1.07 bits per heavy atom. The van der Waals surface area contributed by atoms with Gasteiger partial charge in [0.1, 0.15) is 34.7 Å². The fraction of sp³-hybridized carbons (Fsp3) is 0.150. The molecule has 2 aromatic carbocycles. The van der Waals surface area contributed by atoms with Crippen LogP contribution in [0.25, 0.3) is 0 Å². The SMILES string of the molecule is CCOc1ccc(NC(=O)c2cc(Nc3ccc(F)cc3F)nc(C)n2)cc1. The standard InChI is InChI=1S/C20H18F2N4O2/c1-3-28-15-7-5-14(6-8-15)25-20(27)18-11-19(24-12(2)23-18)26-17-9-4-13(21)10-16(17)22/h4-11H,3H2,1-2H3,(H,25,27)(H,23,24,26). The average molecular weight is 384 g/mol. The zero-order valence-corrected chi connectivity index (χ0v) is 15.3. The van der Waals surface area contributed by atoms with Gasteiger partial charge >= 0.3 is 0 Å². The van der Waals surface area contributed by atoms with E-state index in [4.69, 9.17) is 4.74 Å². The smallest absolute Gasteiger partial charge is 0.274 e. The number of hydrogen-bond donors (Lipinski definition) is 2. The van der Waals surface area contributed by atoms with Crippen LogP contribution in [-0.2, 0) is 0 Å². The van der Waals surface area contributed by atoms with Gasteiger partial charge in [0.15, 0.2) is 0 Å². The summed E-state index contributed by atoms with van der Waals surface area (Å²) in [5.41, 5.74) is 0.715. The fourth-order valence-electron chi connectivity index (χ4n) is 2.47. The van der Waals surface area contributed by atoms with Crippen molar-refractivity contribution in [3.8, 4) is 5.75 Å². The predicted octanol–water partition coefficient (Wildman–Crippen LogP) is 4.46. The number of nitrogens with one attached hydrogen (secondary N) is 2. The molecule has 0 aliphatic heterocycles. The molecule has 144 valence electrons. The van der Waals surface area contributed by atoms with Crippen molar-refractivity contribution in [2.45, 2.75) is 13.8 Å². The third-order valence-corrected chi connectivity index (χ3v) is 3.69. The van der Waals surface area contributed by atoms with E-state index >= 15 is 0 Å². The monoisotopic (exact) mass is 384 g/mol. The molecule has 0 atom stereocenters. The molecule has 1 aromatic heterocycles. The van der Waals surface area contributed by atoms with Crippen molar-refractivity contribution in [2.24, 2.45) is 0 Å². The number of anilines is 3. The molecule has 6 nitrogen and oxygen atoms in total. The van der Waals surface area contributed by atoms with Crippen LogP contribution in [-0.4, -0.2) is 22.5 Å². The van der Waals surface area contributed by atoms with Crippen LogP contribution < -0.4 is 15.4 Å². The molecule has 2 N–H and O–H groups in total. The number of amides is 1. The molecule has 1 amide bonds. The Morgan fingerprint density at radius 2 is 1.82 bits per heavy atom. The fourth-order valence-corrected chi connectivity index (χ4v) is 2.47. The van der Waals surface area contributed by atoms with E-state index < -0.39 is 17.5 Å². The molecule has 0 unspecified atom stereocenters. The first-order valence-corrected chi connectivity index (χ1v) is 8.56. The molecule has 0 fully saturated rings. The molecular weight excluding hydrogens is 366 g/mol. The molecule has 0 aliphatic rings. The zero-order chi connectivity index (χ0) is 20.1. The molecule has 0 saturated carbocycles. The van der Waals surface area contributed by atoms with Gasteiger partial charge in [-0.2, -0.15) is 0 Å². The lowest BCUT2D eigenvalue weighted by atomic mass is 10.2. The minimum atomic E-state index is -0.767. The second kappa shape index (κ2) is 8.43. The normalized spacial score (nSPS) is 10.4. The Kier molecular flexibility index (Phi) is 5.78. The van der Waals surface area contributed by atoms with Crippen molar-refractivity contribution in [1.29, 1.82) is 0 Å². The molecular formula is C20H18F2N4O2. The molecule has 3 rings (SSSR count). The van der Waals surface area contributed by atoms with Crippen molar-refractivity contribution in [3.05, 3.63) is 71.7 Å². The van der Waals surface area contributed by atoms with Gasteiger partial charge in [-0.3, -0.25) is 4.79 Å². The maximum atomic E-state index is 13.8. The van der Waals surface area contributed by atoms with Crippen molar-refractivity contribution in [2.75, 3.05) is 17.2 Å². The maximum absolute atomic E-state index is 13.8. The lowest BCUT2D eigenvalue weighted by Crippen LogP contribution is -2.15. The highest BCUT2D eigenvalue weighted by Crippen LogP contribution is 2.21. The van der Waals surface area contributed by atoms with Gasteiger partial charge in [0.2, 0.25) is 0 Å². The van der Waals surface area contributed by atoms with Crippen LogP contribution >= 0.6 is 0 Å². The number of ether oxygens (including phenoxy) is 1. The second-order valence-corrected chi connectivity index (χ2v) is 5.85. The first kappa shape index (κ1) is 19.2. The number of rotatable bonds is 6. The van der Waals surface area contributed by atoms with Gasteiger partial charge in [-0.05, 0) is 50.2 Å². The van der Waals surface area contributed by atoms with Gasteiger partial charge in [0.25, 0.3) is 5.91 Å². The van der Waals surface area contributed by atoms with Gasteiger partial charge in [-0.1, -0.05) is 0 Å². The van der Waals surface area contributed by atoms with Crippen molar-refractivity contribution >= 4 is 23.1 Å². The number of nitrogens with zero attached hydrogens (tertiary/aromatic N) is 2. The molecule has 1 heterocycles. The van der Waals surface area contributed by atoms with Crippen molar-refractivity contribution in [3.63, 3.8) is 0 Å². The van der Waals surface area contributed by atoms with E-state index in [1.165, 1.54) is 12.1 Å². The van der Waals surface area contributed by atoms with Gasteiger partial charge in [-0.25, -0.2) is 18.7 Å². The lowest BCUT2D eigenvalue weighted by Gasteiger charge is -2.10. The highest BCUT2D eigenvalue weighted by Gasteiger charge is 2.12. The molecule has 0 aliphatic carbocycles. The number of carbonyl (C=O) groups is 1. The average Bonchev–Trinajstić information content (AvgIpc) is 2.65. The molecule has 28 heavy (non-hydrogen) atoms. The van der Waals surface area contributed by atoms with Gasteiger partial charge < -0.3 is 15.4 Å². The summed E-state index contributed by atoms with van der Waals surface area (Å²) in [5, 5.41) is 5.46. The van der Waals surface area contributed by atoms with E-state index in [0.717, 1.165) is 12.1 Å². The third kappa shape index (κ3) is 4.79. The zero-order valence-electron chi connectivity index (χ0n) is 15.3. The van der Waals surface area contributed by atoms with E-state index in [2.05, 4.69) is 20.6 Å². The van der Waals surface area contributed by atoms with Gasteiger partial charge in [0, 0.05) is 17.8 Å². The van der Waals surface area contributed by atoms with E-state index in [1.807, 2.05) is 6.92 Å². The van der Waals surface area contributed by atoms with Gasteiger partial charge in [-0.15, -0.1) is 0 Å². The van der Waals surface area contributed by atoms with Crippen LogP contribution in [0.2, 0.25) is 0 Å². The van der Waals surface area contributed by atoms with Gasteiger partial charge in [0.05, 0.1) is 12.3 Å². The Labute approximate surface area is 160 Å². The van der Waals surface area contributed by atoms with Crippen molar-refractivity contribution < 1.29 is 18.3 Å². The van der Waals surface area contributed by atoms with E-state index in [-0.39, 0.29) is 17.2 Å². The molecule has 0 radical (unpaired) electrons. The second-order valence-electron chi connectivity index (χ2n) is 5.85. The third-order valence-electron chi connectivity index (χ3n) is 3.69. The topological polar surface area (TPSA) is 76.1 Å². The Bertz CT molecular complexity index is 994. The number of aryl methyl sites for hydroxylation is 1. The van der Waals surface area contributed by atoms with E-state index in [1.54, 1.807) is 31.2 Å². The Morgan fingerprint density at radius 3 is 2.50 bits per heavy atom. The molecule has 0 saturated heterocycles. The van der Waals surface area contributed by atoms with Crippen LogP contribution in [0, 0.1) is 18.6 Å². The van der Waals surface area contributed by atoms with Crippen molar-refractivity contribution in [1.82, 2.24) is 9.97 Å². The molecule has 8 heteroatoms. The van der Waals surface area contributed by atoms with Crippen LogP contribution in [0.15, 0.2) is 48.5 Å². The summed E-state index contributed by atoms with van der Waals surface area (Å²) < 4.78 is 32.2. The molecule has 3 aromatic rings. The predicted molar refractivity (Wildman–Crippen MR) is 102 cm³/mol. The van der Waals surface area contributed by atoms with Crippen LogP contribution in [0.5, 0.6) is 5.75 Å². The summed E-state index contributed by atoms with van der Waals surface area (Å²) in [6, 6.07) is 11.4. The van der Waals surface area contributed by atoms with Crippen LogP contribution in [0.1, 0.15) is 23.2 Å². The number of hydrogen-bond acceptors (Lipinski definition) is 5. The largest absolute Gasteiger partial charge is 0.494 e. The maximum Gasteiger partial charge on any atom is 0.274 e. The first-order valence-electron chi connectivity index (χ1n) is 8.56. The highest BCUT2D eigenvalue weighted by molar-refractivity contribution is 6.03. The lowest BCUT2D eigenvalue weighted by molar-refractivity contribution is 0.102. The Hall–Kier alpha value is -3.55. The first-order chi connectivity index (χ1) is 13.4. The summed E-state index contributed by atoms with van der Waals surface area (Å²) >= 11 is 0. The Balaban J connectivity index is 1.77.